The van der Waals surface area contributed by atoms with Crippen LogP contribution in [0.1, 0.15) is 19.3 Å². The number of nitrogens with zero attached hydrogens (tertiary/aromatic N) is 2. The van der Waals surface area contributed by atoms with E-state index in [0.717, 1.165) is 18.9 Å². The molecule has 120 valence electrons. The molecule has 0 aromatic heterocycles. The lowest BCUT2D eigenvalue weighted by atomic mass is 9.90. The zero-order valence-electron chi connectivity index (χ0n) is 12.3. The first-order chi connectivity index (χ1) is 9.70. The Morgan fingerprint density at radius 1 is 1.24 bits per heavy atom. The SMILES string of the molecule is CN(C)C1CCN(C2=C(F)C=C(N)CC2C(F)(F)F)CC1. The molecular formula is C14H21F4N3. The maximum Gasteiger partial charge on any atom is 0.397 e. The van der Waals surface area contributed by atoms with Crippen LogP contribution in [0.25, 0.3) is 0 Å². The number of hydrogen-bond donors (Lipinski definition) is 1. The van der Waals surface area contributed by atoms with Gasteiger partial charge in [-0.05, 0) is 33.0 Å². The number of piperidine rings is 1. The van der Waals surface area contributed by atoms with Gasteiger partial charge in [-0.2, -0.15) is 13.2 Å². The summed E-state index contributed by atoms with van der Waals surface area (Å²) in [5.41, 5.74) is 5.13. The van der Waals surface area contributed by atoms with E-state index in [1.54, 1.807) is 0 Å². The number of hydrogen-bond acceptors (Lipinski definition) is 3. The fourth-order valence-electron chi connectivity index (χ4n) is 3.06. The van der Waals surface area contributed by atoms with Gasteiger partial charge in [-0.15, -0.1) is 0 Å². The quantitative estimate of drug-likeness (QED) is 0.796. The van der Waals surface area contributed by atoms with Crippen LogP contribution in [-0.4, -0.2) is 49.2 Å². The number of halogens is 4. The molecule has 1 aliphatic carbocycles. The Bertz CT molecular complexity index is 446. The molecule has 1 heterocycles. The summed E-state index contributed by atoms with van der Waals surface area (Å²) in [6.45, 7) is 0.873. The van der Waals surface area contributed by atoms with Crippen LogP contribution in [0.4, 0.5) is 17.6 Å². The molecule has 0 amide bonds. The topological polar surface area (TPSA) is 32.5 Å². The third-order valence-corrected chi connectivity index (χ3v) is 4.26. The van der Waals surface area contributed by atoms with Crippen molar-refractivity contribution in [3.63, 3.8) is 0 Å². The van der Waals surface area contributed by atoms with Crippen molar-refractivity contribution in [2.45, 2.75) is 31.5 Å². The molecule has 0 aromatic carbocycles. The largest absolute Gasteiger partial charge is 0.402 e. The predicted octanol–water partition coefficient (Wildman–Crippen LogP) is 2.62. The molecule has 1 saturated heterocycles. The minimum atomic E-state index is -4.48. The van der Waals surface area contributed by atoms with Crippen molar-refractivity contribution in [1.29, 1.82) is 0 Å². The average molecular weight is 307 g/mol. The summed E-state index contributed by atoms with van der Waals surface area (Å²) in [5.74, 6) is -2.68. The first-order valence-corrected chi connectivity index (χ1v) is 7.04. The van der Waals surface area contributed by atoms with Crippen LogP contribution in [0, 0.1) is 5.92 Å². The molecule has 3 nitrogen and oxygen atoms in total. The lowest BCUT2D eigenvalue weighted by Crippen LogP contribution is -2.45. The molecule has 2 aliphatic rings. The summed E-state index contributed by atoms with van der Waals surface area (Å²) in [7, 11) is 3.89. The van der Waals surface area contributed by atoms with Gasteiger partial charge in [0.05, 0.1) is 5.70 Å². The molecule has 0 radical (unpaired) electrons. The van der Waals surface area contributed by atoms with Gasteiger partial charge in [0.15, 0.2) is 0 Å². The highest BCUT2D eigenvalue weighted by Crippen LogP contribution is 2.42. The van der Waals surface area contributed by atoms with E-state index in [1.165, 1.54) is 4.90 Å². The minimum Gasteiger partial charge on any atom is -0.402 e. The van der Waals surface area contributed by atoms with Gasteiger partial charge >= 0.3 is 6.18 Å². The molecule has 7 heteroatoms. The average Bonchev–Trinajstić information content (AvgIpc) is 2.37. The maximum absolute atomic E-state index is 14.1. The zero-order valence-corrected chi connectivity index (χ0v) is 12.3. The molecule has 2 rings (SSSR count). The zero-order chi connectivity index (χ0) is 15.8. The third-order valence-electron chi connectivity index (χ3n) is 4.26. The van der Waals surface area contributed by atoms with Gasteiger partial charge in [0.25, 0.3) is 0 Å². The van der Waals surface area contributed by atoms with Crippen molar-refractivity contribution in [3.05, 3.63) is 23.3 Å². The van der Waals surface area contributed by atoms with Crippen LogP contribution in [-0.2, 0) is 0 Å². The van der Waals surface area contributed by atoms with Crippen molar-refractivity contribution >= 4 is 0 Å². The first-order valence-electron chi connectivity index (χ1n) is 7.04. The van der Waals surface area contributed by atoms with Crippen molar-refractivity contribution in [2.24, 2.45) is 11.7 Å². The van der Waals surface area contributed by atoms with Gasteiger partial charge in [0, 0.05) is 31.2 Å². The Morgan fingerprint density at radius 2 is 1.81 bits per heavy atom. The molecule has 0 saturated carbocycles. The van der Waals surface area contributed by atoms with Crippen LogP contribution < -0.4 is 5.73 Å². The van der Waals surface area contributed by atoms with Gasteiger partial charge in [-0.3, -0.25) is 0 Å². The van der Waals surface area contributed by atoms with Crippen LogP contribution in [0.2, 0.25) is 0 Å². The normalized spacial score (nSPS) is 25.6. The first kappa shape index (κ1) is 16.1. The van der Waals surface area contributed by atoms with Crippen LogP contribution in [0.3, 0.4) is 0 Å². The summed E-state index contributed by atoms with van der Waals surface area (Å²) in [6.07, 6.45) is -2.36. The molecule has 1 atom stereocenters. The molecule has 0 aromatic rings. The number of likely N-dealkylation sites (tertiary alicyclic amines) is 1. The standard InChI is InChI=1S/C14H21F4N3/c1-20(2)10-3-5-21(6-4-10)13-11(14(16,17)18)7-9(19)8-12(13)15/h8,10-11H,3-7,19H2,1-2H3. The van der Waals surface area contributed by atoms with Gasteiger partial charge in [0.2, 0.25) is 0 Å². The minimum absolute atomic E-state index is 0.0539. The number of alkyl halides is 3. The fraction of sp³-hybridized carbons (Fsp3) is 0.714. The Labute approximate surface area is 122 Å². The van der Waals surface area contributed by atoms with Crippen molar-refractivity contribution in [3.8, 4) is 0 Å². The molecule has 1 unspecified atom stereocenters. The van der Waals surface area contributed by atoms with Gasteiger partial charge in [0.1, 0.15) is 11.7 Å². The van der Waals surface area contributed by atoms with Crippen molar-refractivity contribution < 1.29 is 17.6 Å². The summed E-state index contributed by atoms with van der Waals surface area (Å²) >= 11 is 0. The summed E-state index contributed by atoms with van der Waals surface area (Å²) in [4.78, 5) is 3.60. The molecule has 1 aliphatic heterocycles. The highest BCUT2D eigenvalue weighted by molar-refractivity contribution is 5.31. The van der Waals surface area contributed by atoms with Crippen LogP contribution in [0.15, 0.2) is 23.3 Å². The highest BCUT2D eigenvalue weighted by Gasteiger charge is 2.47. The van der Waals surface area contributed by atoms with Gasteiger partial charge in [-0.1, -0.05) is 0 Å². The highest BCUT2D eigenvalue weighted by atomic mass is 19.4. The second-order valence-electron chi connectivity index (χ2n) is 5.93. The third kappa shape index (κ3) is 3.51. The predicted molar refractivity (Wildman–Crippen MR) is 72.8 cm³/mol. The number of rotatable bonds is 2. The summed E-state index contributed by atoms with van der Waals surface area (Å²) < 4.78 is 53.6. The molecule has 1 fully saturated rings. The monoisotopic (exact) mass is 307 g/mol. The van der Waals surface area contributed by atoms with Gasteiger partial charge < -0.3 is 15.5 Å². The van der Waals surface area contributed by atoms with E-state index >= 15 is 0 Å². The molecule has 0 bridgehead atoms. The van der Waals surface area contributed by atoms with Crippen LogP contribution in [0.5, 0.6) is 0 Å². The molecule has 0 spiro atoms. The van der Waals surface area contributed by atoms with E-state index in [-0.39, 0.29) is 17.8 Å². The Balaban J connectivity index is 2.21. The van der Waals surface area contributed by atoms with E-state index in [9.17, 15) is 17.6 Å². The Morgan fingerprint density at radius 3 is 2.29 bits per heavy atom. The molecule has 2 N–H and O–H groups in total. The second kappa shape index (κ2) is 5.87. The van der Waals surface area contributed by atoms with E-state index in [0.29, 0.717) is 19.1 Å². The Hall–Kier alpha value is -1.24. The Kier molecular flexibility index (Phi) is 4.51. The lowest BCUT2D eigenvalue weighted by Gasteiger charge is -2.41. The summed E-state index contributed by atoms with van der Waals surface area (Å²) in [6, 6.07) is 0.332. The lowest BCUT2D eigenvalue weighted by molar-refractivity contribution is -0.170. The van der Waals surface area contributed by atoms with Crippen molar-refractivity contribution in [1.82, 2.24) is 9.80 Å². The number of nitrogens with two attached hydrogens (primary N) is 1. The second-order valence-corrected chi connectivity index (χ2v) is 5.93. The van der Waals surface area contributed by atoms with E-state index in [2.05, 4.69) is 4.90 Å². The van der Waals surface area contributed by atoms with Gasteiger partial charge in [-0.25, -0.2) is 4.39 Å². The van der Waals surface area contributed by atoms with Crippen molar-refractivity contribution in [2.75, 3.05) is 27.2 Å². The van der Waals surface area contributed by atoms with E-state index in [4.69, 9.17) is 5.73 Å². The fourth-order valence-corrected chi connectivity index (χ4v) is 3.06. The van der Waals surface area contributed by atoms with Crippen LogP contribution >= 0.6 is 0 Å². The number of allylic oxidation sites excluding steroid dienone is 4. The van der Waals surface area contributed by atoms with E-state index < -0.39 is 17.9 Å². The molecule has 21 heavy (non-hydrogen) atoms. The maximum atomic E-state index is 14.1. The molecular weight excluding hydrogens is 286 g/mol. The van der Waals surface area contributed by atoms with E-state index in [1.807, 2.05) is 14.1 Å². The smallest absolute Gasteiger partial charge is 0.397 e. The summed E-state index contributed by atoms with van der Waals surface area (Å²) in [5, 5.41) is 0.